The maximum Gasteiger partial charge on any atom is 0.416 e. The maximum atomic E-state index is 13.0. The summed E-state index contributed by atoms with van der Waals surface area (Å²) in [6.07, 6.45) is 2.46. The number of hydrogen-bond acceptors (Lipinski definition) is 4. The molecule has 2 N–H and O–H groups in total. The van der Waals surface area contributed by atoms with E-state index in [0.29, 0.717) is 42.9 Å². The first kappa shape index (κ1) is 23.2. The molecule has 0 aliphatic carbocycles. The molecule has 32 heavy (non-hydrogen) atoms. The largest absolute Gasteiger partial charge is 0.416 e. The van der Waals surface area contributed by atoms with Crippen LogP contribution in [0.2, 0.25) is 0 Å². The molecule has 0 spiro atoms. The molecule has 2 aromatic rings. The summed E-state index contributed by atoms with van der Waals surface area (Å²) in [4.78, 5) is 29.6. The molecule has 1 saturated heterocycles. The number of carbonyl (C=O) groups excluding carboxylic acids is 2. The summed E-state index contributed by atoms with van der Waals surface area (Å²) < 4.78 is 39.1. The number of nitrogens with one attached hydrogen (secondary N) is 1. The first-order valence-electron chi connectivity index (χ1n) is 9.99. The van der Waals surface area contributed by atoms with Crippen molar-refractivity contribution >= 4 is 24.0 Å². The van der Waals surface area contributed by atoms with Crippen LogP contribution in [0.3, 0.4) is 0 Å². The van der Waals surface area contributed by atoms with E-state index in [1.807, 2.05) is 0 Å². The lowest BCUT2D eigenvalue weighted by molar-refractivity contribution is -0.137. The highest BCUT2D eigenvalue weighted by Crippen LogP contribution is 2.33. The van der Waals surface area contributed by atoms with Crippen LogP contribution in [0, 0.1) is 0 Å². The van der Waals surface area contributed by atoms with Gasteiger partial charge in [0, 0.05) is 31.2 Å². The summed E-state index contributed by atoms with van der Waals surface area (Å²) in [5.41, 5.74) is 2.33. The Bertz CT molecular complexity index is 1030. The van der Waals surface area contributed by atoms with Crippen molar-refractivity contribution in [3.63, 3.8) is 0 Å². The van der Waals surface area contributed by atoms with E-state index < -0.39 is 17.6 Å². The van der Waals surface area contributed by atoms with Crippen molar-refractivity contribution in [3.8, 4) is 0 Å². The van der Waals surface area contributed by atoms with E-state index in [-0.39, 0.29) is 11.8 Å². The molecule has 2 heterocycles. The Morgan fingerprint density at radius 3 is 2.47 bits per heavy atom. The smallest absolute Gasteiger partial charge is 0.339 e. The minimum Gasteiger partial charge on any atom is -0.339 e. The van der Waals surface area contributed by atoms with E-state index >= 15 is 0 Å². The Balaban J connectivity index is 1.66. The zero-order chi connectivity index (χ0) is 23.1. The summed E-state index contributed by atoms with van der Waals surface area (Å²) in [5, 5.41) is 8.50. The SMILES string of the molecule is O=C(C=Cc1cccc(C=CC(=O)N2CCCC(c3cccc(C(F)(F)F)c3)C2)n1)NO. The van der Waals surface area contributed by atoms with Crippen molar-refractivity contribution in [1.82, 2.24) is 15.4 Å². The number of benzene rings is 1. The van der Waals surface area contributed by atoms with Gasteiger partial charge in [-0.15, -0.1) is 0 Å². The monoisotopic (exact) mass is 445 g/mol. The summed E-state index contributed by atoms with van der Waals surface area (Å²) in [7, 11) is 0. The van der Waals surface area contributed by atoms with Crippen LogP contribution in [-0.4, -0.2) is 40.0 Å². The van der Waals surface area contributed by atoms with Crippen LogP contribution >= 0.6 is 0 Å². The maximum absolute atomic E-state index is 13.0. The fourth-order valence-electron chi connectivity index (χ4n) is 3.53. The summed E-state index contributed by atoms with van der Waals surface area (Å²) in [6, 6.07) is 10.3. The van der Waals surface area contributed by atoms with Crippen molar-refractivity contribution in [2.24, 2.45) is 0 Å². The second kappa shape index (κ2) is 10.2. The number of aromatic nitrogens is 1. The molecule has 1 aromatic carbocycles. The van der Waals surface area contributed by atoms with Crippen LogP contribution in [0.5, 0.6) is 0 Å². The summed E-state index contributed by atoms with van der Waals surface area (Å²) in [6.45, 7) is 0.877. The molecule has 1 aliphatic heterocycles. The van der Waals surface area contributed by atoms with Crippen LogP contribution in [-0.2, 0) is 15.8 Å². The number of hydrogen-bond donors (Lipinski definition) is 2. The van der Waals surface area contributed by atoms with Crippen LogP contribution in [0.15, 0.2) is 54.6 Å². The van der Waals surface area contributed by atoms with Gasteiger partial charge in [0.1, 0.15) is 0 Å². The fraction of sp³-hybridized carbons (Fsp3) is 0.261. The van der Waals surface area contributed by atoms with Gasteiger partial charge in [0.05, 0.1) is 17.0 Å². The number of alkyl halides is 3. The molecule has 1 aromatic heterocycles. The zero-order valence-corrected chi connectivity index (χ0v) is 17.0. The fourth-order valence-corrected chi connectivity index (χ4v) is 3.53. The zero-order valence-electron chi connectivity index (χ0n) is 17.0. The number of amides is 2. The van der Waals surface area contributed by atoms with Gasteiger partial charge in [0.25, 0.3) is 5.91 Å². The molecule has 6 nitrogen and oxygen atoms in total. The number of pyridine rings is 1. The number of carbonyl (C=O) groups is 2. The summed E-state index contributed by atoms with van der Waals surface area (Å²) in [5.74, 6) is -1.10. The van der Waals surface area contributed by atoms with Crippen LogP contribution in [0.1, 0.15) is 41.3 Å². The van der Waals surface area contributed by atoms with E-state index in [1.165, 1.54) is 23.7 Å². The van der Waals surface area contributed by atoms with Gasteiger partial charge in [0.15, 0.2) is 0 Å². The Kier molecular flexibility index (Phi) is 7.42. The predicted molar refractivity (Wildman–Crippen MR) is 112 cm³/mol. The van der Waals surface area contributed by atoms with Crippen molar-refractivity contribution in [3.05, 3.63) is 77.1 Å². The second-order valence-electron chi connectivity index (χ2n) is 7.38. The normalized spacial score (nSPS) is 17.1. The van der Waals surface area contributed by atoms with Gasteiger partial charge in [-0.25, -0.2) is 10.5 Å². The van der Waals surface area contributed by atoms with E-state index in [1.54, 1.807) is 35.2 Å². The first-order valence-corrected chi connectivity index (χ1v) is 9.99. The van der Waals surface area contributed by atoms with Crippen LogP contribution in [0.25, 0.3) is 12.2 Å². The quantitative estimate of drug-likeness (QED) is 0.414. The lowest BCUT2D eigenvalue weighted by atomic mass is 9.89. The Hall–Kier alpha value is -3.46. The number of nitrogens with zero attached hydrogens (tertiary/aromatic N) is 2. The average Bonchev–Trinajstić information content (AvgIpc) is 2.81. The van der Waals surface area contributed by atoms with E-state index in [0.717, 1.165) is 18.2 Å². The number of halogens is 3. The molecule has 2 amide bonds. The number of hydroxylamine groups is 1. The molecule has 0 radical (unpaired) electrons. The molecule has 1 unspecified atom stereocenters. The van der Waals surface area contributed by atoms with Crippen LogP contribution in [0.4, 0.5) is 13.2 Å². The van der Waals surface area contributed by atoms with Gasteiger partial charge in [-0.2, -0.15) is 13.2 Å². The van der Waals surface area contributed by atoms with Crippen molar-refractivity contribution in [2.45, 2.75) is 24.9 Å². The number of likely N-dealkylation sites (tertiary alicyclic amines) is 1. The lowest BCUT2D eigenvalue weighted by Gasteiger charge is -2.32. The highest BCUT2D eigenvalue weighted by molar-refractivity contribution is 5.92. The molecule has 1 atom stereocenters. The van der Waals surface area contributed by atoms with Crippen molar-refractivity contribution < 1.29 is 28.0 Å². The van der Waals surface area contributed by atoms with Crippen molar-refractivity contribution in [2.75, 3.05) is 13.1 Å². The molecule has 0 saturated carbocycles. The molecular weight excluding hydrogens is 423 g/mol. The third kappa shape index (κ3) is 6.27. The van der Waals surface area contributed by atoms with Crippen LogP contribution < -0.4 is 5.48 Å². The highest BCUT2D eigenvalue weighted by atomic mass is 19.4. The molecule has 1 aliphatic rings. The third-order valence-electron chi connectivity index (χ3n) is 5.12. The van der Waals surface area contributed by atoms with Gasteiger partial charge in [-0.05, 0) is 48.8 Å². The van der Waals surface area contributed by atoms with Gasteiger partial charge in [-0.3, -0.25) is 14.8 Å². The molecule has 1 fully saturated rings. The predicted octanol–water partition coefficient (Wildman–Crippen LogP) is 4.04. The Morgan fingerprint density at radius 1 is 1.09 bits per heavy atom. The van der Waals surface area contributed by atoms with Gasteiger partial charge in [-0.1, -0.05) is 24.3 Å². The van der Waals surface area contributed by atoms with Gasteiger partial charge >= 0.3 is 6.18 Å². The number of piperidine rings is 1. The standard InChI is InChI=1S/C23H22F3N3O3/c24-23(25,26)18-6-1-4-16(14-18)17-5-3-13-29(15-17)22(31)12-10-20-8-2-7-19(27-20)9-11-21(30)28-32/h1-2,4,6-12,14,17,32H,3,5,13,15H2,(H,28,30). The van der Waals surface area contributed by atoms with Gasteiger partial charge in [0.2, 0.25) is 5.91 Å². The van der Waals surface area contributed by atoms with E-state index in [4.69, 9.17) is 5.21 Å². The third-order valence-corrected chi connectivity index (χ3v) is 5.12. The Morgan fingerprint density at radius 2 is 1.78 bits per heavy atom. The molecule has 3 rings (SSSR count). The molecular formula is C23H22F3N3O3. The van der Waals surface area contributed by atoms with Crippen molar-refractivity contribution in [1.29, 1.82) is 0 Å². The van der Waals surface area contributed by atoms with E-state index in [9.17, 15) is 22.8 Å². The topological polar surface area (TPSA) is 82.5 Å². The first-order chi connectivity index (χ1) is 15.3. The molecule has 168 valence electrons. The van der Waals surface area contributed by atoms with Gasteiger partial charge < -0.3 is 4.90 Å². The Labute approximate surface area is 183 Å². The minimum atomic E-state index is -4.40. The molecule has 0 bridgehead atoms. The summed E-state index contributed by atoms with van der Waals surface area (Å²) >= 11 is 0. The second-order valence-corrected chi connectivity index (χ2v) is 7.38. The number of rotatable bonds is 5. The lowest BCUT2D eigenvalue weighted by Crippen LogP contribution is -2.38. The minimum absolute atomic E-state index is 0.160. The highest BCUT2D eigenvalue weighted by Gasteiger charge is 2.31. The van der Waals surface area contributed by atoms with E-state index in [2.05, 4.69) is 4.98 Å². The average molecular weight is 445 g/mol. The molecule has 9 heteroatoms.